The SMILES string of the molecule is NCCCCNCc1cn([C@H]2C[C@H](O)[C@@H](COP(=O)(O)O)O2)c(=O)[nH]c1=O. The van der Waals surface area contributed by atoms with Crippen LogP contribution in [0.25, 0.3) is 0 Å². The summed E-state index contributed by atoms with van der Waals surface area (Å²) in [6.07, 6.45) is 0.0656. The molecule has 0 amide bonds. The van der Waals surface area contributed by atoms with Gasteiger partial charge in [0.05, 0.1) is 12.7 Å². The highest BCUT2D eigenvalue weighted by Crippen LogP contribution is 2.38. The lowest BCUT2D eigenvalue weighted by atomic mass is 10.2. The van der Waals surface area contributed by atoms with Gasteiger partial charge in [-0.3, -0.25) is 18.9 Å². The Kier molecular flexibility index (Phi) is 7.89. The third kappa shape index (κ3) is 6.63. The molecule has 3 atom stereocenters. The Morgan fingerprint density at radius 3 is 2.81 bits per heavy atom. The number of phosphoric ester groups is 1. The average Bonchev–Trinajstić information content (AvgIpc) is 2.94. The first kappa shape index (κ1) is 21.9. The van der Waals surface area contributed by atoms with Gasteiger partial charge in [0.15, 0.2) is 0 Å². The molecule has 2 heterocycles. The Labute approximate surface area is 154 Å². The first-order valence-corrected chi connectivity index (χ1v) is 10.0. The van der Waals surface area contributed by atoms with Crippen LogP contribution in [0.4, 0.5) is 0 Å². The molecule has 1 aromatic rings. The van der Waals surface area contributed by atoms with Gasteiger partial charge < -0.3 is 30.7 Å². The summed E-state index contributed by atoms with van der Waals surface area (Å²) in [5.41, 5.74) is 4.49. The van der Waals surface area contributed by atoms with Crippen molar-refractivity contribution in [3.8, 4) is 0 Å². The number of nitrogens with two attached hydrogens (primary N) is 1. The van der Waals surface area contributed by atoms with E-state index in [0.717, 1.165) is 17.4 Å². The zero-order valence-corrected chi connectivity index (χ0v) is 15.5. The molecule has 0 aliphatic carbocycles. The number of ether oxygens (including phenoxy) is 1. The summed E-state index contributed by atoms with van der Waals surface area (Å²) in [5.74, 6) is 0. The maximum Gasteiger partial charge on any atom is 0.469 e. The van der Waals surface area contributed by atoms with Crippen LogP contribution in [-0.4, -0.2) is 56.3 Å². The van der Waals surface area contributed by atoms with E-state index < -0.39 is 44.1 Å². The van der Waals surface area contributed by atoms with Crippen molar-refractivity contribution < 1.29 is 28.7 Å². The fraction of sp³-hybridized carbons (Fsp3) is 0.714. The molecule has 1 saturated heterocycles. The quantitative estimate of drug-likeness (QED) is 0.189. The van der Waals surface area contributed by atoms with Gasteiger partial charge in [0, 0.05) is 24.7 Å². The first-order valence-electron chi connectivity index (χ1n) is 8.50. The number of aliphatic hydroxyl groups is 1. The van der Waals surface area contributed by atoms with E-state index in [0.29, 0.717) is 18.7 Å². The summed E-state index contributed by atoms with van der Waals surface area (Å²) >= 11 is 0. The molecule has 2 rings (SSSR count). The van der Waals surface area contributed by atoms with Gasteiger partial charge in [-0.1, -0.05) is 0 Å². The number of phosphoric acid groups is 1. The normalized spacial score (nSPS) is 23.0. The van der Waals surface area contributed by atoms with E-state index in [1.54, 1.807) is 0 Å². The molecule has 0 aromatic carbocycles. The number of aliphatic hydroxyl groups excluding tert-OH is 1. The van der Waals surface area contributed by atoms with Crippen LogP contribution in [0.3, 0.4) is 0 Å². The summed E-state index contributed by atoms with van der Waals surface area (Å²) in [4.78, 5) is 43.7. The number of nitrogens with zero attached hydrogens (tertiary/aromatic N) is 1. The van der Waals surface area contributed by atoms with Gasteiger partial charge in [0.1, 0.15) is 12.3 Å². The van der Waals surface area contributed by atoms with Crippen molar-refractivity contribution in [2.75, 3.05) is 19.7 Å². The molecule has 154 valence electrons. The lowest BCUT2D eigenvalue weighted by Gasteiger charge is -2.17. The number of unbranched alkanes of at least 4 members (excludes halogenated alkanes) is 1. The summed E-state index contributed by atoms with van der Waals surface area (Å²) in [6.45, 7) is 0.952. The number of H-pyrrole nitrogens is 1. The van der Waals surface area contributed by atoms with E-state index in [1.807, 2.05) is 0 Å². The van der Waals surface area contributed by atoms with Gasteiger partial charge in [-0.2, -0.15) is 0 Å². The summed E-state index contributed by atoms with van der Waals surface area (Å²) in [6, 6.07) is 0. The Bertz CT molecular complexity index is 775. The summed E-state index contributed by atoms with van der Waals surface area (Å²) in [7, 11) is -4.70. The van der Waals surface area contributed by atoms with Gasteiger partial charge in [-0.25, -0.2) is 9.36 Å². The molecule has 0 bridgehead atoms. The van der Waals surface area contributed by atoms with Crippen molar-refractivity contribution in [2.24, 2.45) is 5.73 Å². The van der Waals surface area contributed by atoms with Crippen LogP contribution in [0, 0.1) is 0 Å². The molecule has 27 heavy (non-hydrogen) atoms. The predicted octanol–water partition coefficient (Wildman–Crippen LogP) is -1.88. The zero-order valence-electron chi connectivity index (χ0n) is 14.6. The van der Waals surface area contributed by atoms with Crippen molar-refractivity contribution in [3.63, 3.8) is 0 Å². The van der Waals surface area contributed by atoms with Gasteiger partial charge in [0.25, 0.3) is 5.56 Å². The topological polar surface area (TPSA) is 189 Å². The number of aromatic nitrogens is 2. The molecule has 0 unspecified atom stereocenters. The Morgan fingerprint density at radius 2 is 2.15 bits per heavy atom. The zero-order chi connectivity index (χ0) is 20.0. The number of hydrogen-bond donors (Lipinski definition) is 6. The maximum atomic E-state index is 12.1. The molecule has 1 fully saturated rings. The highest BCUT2D eigenvalue weighted by molar-refractivity contribution is 7.46. The monoisotopic (exact) mass is 408 g/mol. The van der Waals surface area contributed by atoms with Crippen molar-refractivity contribution in [2.45, 2.75) is 44.2 Å². The van der Waals surface area contributed by atoms with E-state index in [-0.39, 0.29) is 13.0 Å². The van der Waals surface area contributed by atoms with Crippen molar-refractivity contribution in [1.82, 2.24) is 14.9 Å². The number of nitrogens with one attached hydrogen (secondary N) is 2. The first-order chi connectivity index (χ1) is 12.7. The molecule has 13 heteroatoms. The highest BCUT2D eigenvalue weighted by Gasteiger charge is 2.37. The molecule has 0 spiro atoms. The summed E-state index contributed by atoms with van der Waals surface area (Å²) < 4.78 is 21.7. The van der Waals surface area contributed by atoms with Crippen LogP contribution < -0.4 is 22.3 Å². The standard InChI is InChI=1S/C14H25N4O8P/c15-3-1-2-4-16-6-9-7-18(14(21)17-13(9)20)12-5-10(19)11(26-12)8-25-27(22,23)24/h7,10-12,16,19H,1-6,8,15H2,(H,17,20,21)(H2,22,23,24)/t10-,11+,12+/m0/s1. The fourth-order valence-electron chi connectivity index (χ4n) is 2.69. The van der Waals surface area contributed by atoms with Crippen LogP contribution in [0.5, 0.6) is 0 Å². The molecule has 12 nitrogen and oxygen atoms in total. The molecular weight excluding hydrogens is 383 g/mol. The average molecular weight is 408 g/mol. The predicted molar refractivity (Wildman–Crippen MR) is 93.8 cm³/mol. The second-order valence-corrected chi connectivity index (χ2v) is 7.45. The van der Waals surface area contributed by atoms with Crippen molar-refractivity contribution >= 4 is 7.82 Å². The van der Waals surface area contributed by atoms with Crippen molar-refractivity contribution in [1.29, 1.82) is 0 Å². The highest BCUT2D eigenvalue weighted by atomic mass is 31.2. The van der Waals surface area contributed by atoms with Crippen LogP contribution in [0.15, 0.2) is 15.8 Å². The molecule has 0 saturated carbocycles. The van der Waals surface area contributed by atoms with Crippen LogP contribution in [-0.2, 0) is 20.4 Å². The van der Waals surface area contributed by atoms with Crippen LogP contribution in [0.2, 0.25) is 0 Å². The minimum atomic E-state index is -4.70. The smallest absolute Gasteiger partial charge is 0.390 e. The van der Waals surface area contributed by atoms with Crippen LogP contribution in [0.1, 0.15) is 31.1 Å². The second kappa shape index (κ2) is 9.71. The van der Waals surface area contributed by atoms with E-state index >= 15 is 0 Å². The lowest BCUT2D eigenvalue weighted by Crippen LogP contribution is -2.35. The Balaban J connectivity index is 2.05. The molecule has 1 aliphatic heterocycles. The molecular formula is C14H25N4O8P. The van der Waals surface area contributed by atoms with Crippen LogP contribution >= 0.6 is 7.82 Å². The minimum absolute atomic E-state index is 0.00447. The number of rotatable bonds is 10. The lowest BCUT2D eigenvalue weighted by molar-refractivity contribution is -0.0451. The molecule has 0 radical (unpaired) electrons. The third-order valence-corrected chi connectivity index (χ3v) is 4.57. The maximum absolute atomic E-state index is 12.1. The van der Waals surface area contributed by atoms with Crippen molar-refractivity contribution in [3.05, 3.63) is 32.6 Å². The second-order valence-electron chi connectivity index (χ2n) is 6.21. The van der Waals surface area contributed by atoms with Gasteiger partial charge in [-0.15, -0.1) is 0 Å². The fourth-order valence-corrected chi connectivity index (χ4v) is 3.03. The van der Waals surface area contributed by atoms with E-state index in [9.17, 15) is 19.3 Å². The van der Waals surface area contributed by atoms with Gasteiger partial charge in [-0.05, 0) is 25.9 Å². The molecule has 7 N–H and O–H groups in total. The van der Waals surface area contributed by atoms with Gasteiger partial charge in [0.2, 0.25) is 0 Å². The van der Waals surface area contributed by atoms with Gasteiger partial charge >= 0.3 is 13.5 Å². The Hall–Kier alpha value is -1.37. The summed E-state index contributed by atoms with van der Waals surface area (Å²) in [5, 5.41) is 13.1. The number of hydrogen-bond acceptors (Lipinski definition) is 8. The van der Waals surface area contributed by atoms with E-state index in [2.05, 4.69) is 14.8 Å². The third-order valence-electron chi connectivity index (χ3n) is 4.09. The molecule has 1 aromatic heterocycles. The molecule has 1 aliphatic rings. The number of aromatic amines is 1. The minimum Gasteiger partial charge on any atom is -0.390 e. The van der Waals surface area contributed by atoms with E-state index in [4.69, 9.17) is 20.3 Å². The largest absolute Gasteiger partial charge is 0.469 e. The Morgan fingerprint density at radius 1 is 1.41 bits per heavy atom. The van der Waals surface area contributed by atoms with E-state index in [1.165, 1.54) is 6.20 Å².